The van der Waals surface area contributed by atoms with Gasteiger partial charge in [0.25, 0.3) is 5.97 Å². The smallest absolute Gasteiger partial charge is 0.300 e. The van der Waals surface area contributed by atoms with Crippen molar-refractivity contribution >= 4 is 62.9 Å². The Kier molecular flexibility index (Phi) is 14.7. The summed E-state index contributed by atoms with van der Waals surface area (Å²) in [5.41, 5.74) is 2.62. The third-order valence-corrected chi connectivity index (χ3v) is 5.13. The maximum atomic E-state index is 9.00. The van der Waals surface area contributed by atoms with Crippen molar-refractivity contribution in [2.24, 2.45) is 0 Å². The van der Waals surface area contributed by atoms with Crippen molar-refractivity contribution in [2.45, 2.75) is 13.8 Å². The van der Waals surface area contributed by atoms with Crippen LogP contribution in [0.1, 0.15) is 13.8 Å². The fourth-order valence-corrected chi connectivity index (χ4v) is 3.93. The van der Waals surface area contributed by atoms with E-state index < -0.39 is 5.97 Å². The number of carbonyl (C=O) groups is 2. The summed E-state index contributed by atoms with van der Waals surface area (Å²) in [5, 5.41) is 22.0. The van der Waals surface area contributed by atoms with Crippen LogP contribution in [-0.2, 0) is 29.1 Å². The summed E-state index contributed by atoms with van der Waals surface area (Å²) in [4.78, 5) is 17.8. The number of aldehydes is 1. The van der Waals surface area contributed by atoms with Crippen LogP contribution in [0.15, 0.2) is 72.8 Å². The Morgan fingerprint density at radius 1 is 0.750 bits per heavy atom. The van der Waals surface area contributed by atoms with Crippen LogP contribution in [0.4, 0.5) is 0 Å². The van der Waals surface area contributed by atoms with Crippen LogP contribution in [0.5, 0.6) is 0 Å². The Bertz CT molecular complexity index is 1080. The average Bonchev–Trinajstić information content (AvgIpc) is 2.76. The van der Waals surface area contributed by atoms with Crippen LogP contribution in [0, 0.1) is 0 Å². The minimum absolute atomic E-state index is 0. The zero-order valence-corrected chi connectivity index (χ0v) is 22.3. The Hall–Kier alpha value is -2.02. The molecule has 0 radical (unpaired) electrons. The van der Waals surface area contributed by atoms with E-state index in [0.717, 1.165) is 20.3 Å². The van der Waals surface area contributed by atoms with Crippen molar-refractivity contribution in [2.75, 3.05) is 7.11 Å². The standard InChI is InChI=1S/C20H16P2.C2H4O2.C2H4O.CH4O.Ru/c21-17-11-9-13-5-1-3-7-15(13)19(17)20-16-8-4-2-6-14(16)10-12-18(20)22;1-2(3)4;1-2-3;1-2;/h1-12H,21-22H2;1H3,(H,3,4);2H,1H3;2H,1H3;. The van der Waals surface area contributed by atoms with Gasteiger partial charge in [0.1, 0.15) is 6.29 Å². The van der Waals surface area contributed by atoms with E-state index in [1.165, 1.54) is 50.2 Å². The molecule has 2 unspecified atom stereocenters. The third kappa shape index (κ3) is 8.16. The van der Waals surface area contributed by atoms with Gasteiger partial charge in [0.15, 0.2) is 0 Å². The van der Waals surface area contributed by atoms with Gasteiger partial charge in [0.05, 0.1) is 0 Å². The molecule has 0 heterocycles. The first kappa shape index (κ1) is 30.0. The summed E-state index contributed by atoms with van der Waals surface area (Å²) in [6.07, 6.45) is 0.750. The SMILES string of the molecule is CC(=O)O.CC=O.CO.Pc1ccc2ccccc2c1-c1c(P)ccc2ccccc12.[Ru]. The molecule has 0 aliphatic rings. The molecular formula is C25H28O4P2Ru. The van der Waals surface area contributed by atoms with Gasteiger partial charge in [-0.25, -0.2) is 0 Å². The van der Waals surface area contributed by atoms with Gasteiger partial charge < -0.3 is 15.0 Å². The van der Waals surface area contributed by atoms with Crippen LogP contribution in [-0.4, -0.2) is 29.6 Å². The summed E-state index contributed by atoms with van der Waals surface area (Å²) < 4.78 is 0. The predicted octanol–water partition coefficient (Wildman–Crippen LogP) is 4.56. The van der Waals surface area contributed by atoms with Gasteiger partial charge in [0.2, 0.25) is 0 Å². The molecule has 170 valence electrons. The minimum atomic E-state index is -0.833. The summed E-state index contributed by atoms with van der Waals surface area (Å²) >= 11 is 0. The summed E-state index contributed by atoms with van der Waals surface area (Å²) in [6, 6.07) is 26.0. The average molecular weight is 556 g/mol. The van der Waals surface area contributed by atoms with E-state index in [0.29, 0.717) is 0 Å². The number of fused-ring (bicyclic) bond motifs is 2. The monoisotopic (exact) mass is 556 g/mol. The first-order valence-electron chi connectivity index (χ1n) is 9.49. The molecule has 0 spiro atoms. The second-order valence-electron chi connectivity index (χ2n) is 6.26. The molecule has 0 aromatic heterocycles. The summed E-state index contributed by atoms with van der Waals surface area (Å²) in [7, 11) is 6.79. The molecule has 4 aromatic carbocycles. The third-order valence-electron chi connectivity index (χ3n) is 4.17. The molecule has 0 saturated carbocycles. The number of hydrogen-bond donors (Lipinski definition) is 2. The van der Waals surface area contributed by atoms with E-state index in [4.69, 9.17) is 19.8 Å². The number of aliphatic carboxylic acids is 1. The molecule has 0 aliphatic heterocycles. The minimum Gasteiger partial charge on any atom is -0.481 e. The molecule has 4 nitrogen and oxygen atoms in total. The number of rotatable bonds is 1. The summed E-state index contributed by atoms with van der Waals surface area (Å²) in [6.45, 7) is 2.53. The molecule has 0 fully saturated rings. The molecule has 7 heteroatoms. The van der Waals surface area contributed by atoms with Crippen molar-refractivity contribution < 1.29 is 39.3 Å². The van der Waals surface area contributed by atoms with Gasteiger partial charge in [-0.2, -0.15) is 0 Å². The van der Waals surface area contributed by atoms with Gasteiger partial charge in [-0.1, -0.05) is 72.8 Å². The van der Waals surface area contributed by atoms with Crippen molar-refractivity contribution in [1.29, 1.82) is 0 Å². The molecule has 4 rings (SSSR count). The zero-order valence-electron chi connectivity index (χ0n) is 18.2. The molecule has 2 atom stereocenters. The second-order valence-corrected chi connectivity index (χ2v) is 7.50. The number of aliphatic hydroxyl groups is 1. The molecule has 0 aliphatic carbocycles. The van der Waals surface area contributed by atoms with Crippen molar-refractivity contribution in [1.82, 2.24) is 0 Å². The summed E-state index contributed by atoms with van der Waals surface area (Å²) in [5.74, 6) is -0.833. The fourth-order valence-electron chi connectivity index (χ4n) is 3.13. The van der Waals surface area contributed by atoms with E-state index in [2.05, 4.69) is 91.3 Å². The number of carboxylic acids is 1. The topological polar surface area (TPSA) is 74.6 Å². The molecule has 0 bridgehead atoms. The van der Waals surface area contributed by atoms with E-state index in [1.807, 2.05) is 0 Å². The van der Waals surface area contributed by atoms with Gasteiger partial charge >= 0.3 is 0 Å². The molecule has 4 aromatic rings. The molecule has 32 heavy (non-hydrogen) atoms. The number of carboxylic acid groups (broad SMARTS) is 1. The van der Waals surface area contributed by atoms with Crippen molar-refractivity contribution in [3.05, 3.63) is 72.8 Å². The van der Waals surface area contributed by atoms with E-state index >= 15 is 0 Å². The van der Waals surface area contributed by atoms with E-state index in [9.17, 15) is 0 Å². The molecule has 2 N–H and O–H groups in total. The first-order valence-corrected chi connectivity index (χ1v) is 10.6. The van der Waals surface area contributed by atoms with Gasteiger partial charge in [-0.15, -0.1) is 18.5 Å². The number of carbonyl (C=O) groups excluding carboxylic acids is 1. The first-order chi connectivity index (χ1) is 14.9. The predicted molar refractivity (Wildman–Crippen MR) is 139 cm³/mol. The number of aliphatic hydroxyl groups excluding tert-OH is 1. The quantitative estimate of drug-likeness (QED) is 0.205. The van der Waals surface area contributed by atoms with Crippen molar-refractivity contribution in [3.63, 3.8) is 0 Å². The maximum absolute atomic E-state index is 9.00. The molecular weight excluding hydrogens is 527 g/mol. The second kappa shape index (κ2) is 15.7. The van der Waals surface area contributed by atoms with Crippen LogP contribution in [0.3, 0.4) is 0 Å². The van der Waals surface area contributed by atoms with E-state index in [1.54, 1.807) is 0 Å². The maximum Gasteiger partial charge on any atom is 0.300 e. The Morgan fingerprint density at radius 3 is 1.34 bits per heavy atom. The molecule has 0 saturated heterocycles. The Balaban J connectivity index is 0.000000840. The van der Waals surface area contributed by atoms with Gasteiger partial charge in [-0.3, -0.25) is 4.79 Å². The Labute approximate surface area is 206 Å². The normalized spacial score (nSPS) is 9.06. The van der Waals surface area contributed by atoms with Crippen LogP contribution in [0.25, 0.3) is 32.7 Å². The fraction of sp³-hybridized carbons (Fsp3) is 0.120. The Morgan fingerprint density at radius 2 is 1.03 bits per heavy atom. The zero-order chi connectivity index (χ0) is 23.4. The van der Waals surface area contributed by atoms with Crippen molar-refractivity contribution in [3.8, 4) is 11.1 Å². The molecule has 0 amide bonds. The number of benzene rings is 4. The number of hydrogen-bond acceptors (Lipinski definition) is 3. The van der Waals surface area contributed by atoms with Crippen LogP contribution >= 0.6 is 18.5 Å². The largest absolute Gasteiger partial charge is 0.481 e. The van der Waals surface area contributed by atoms with Crippen LogP contribution < -0.4 is 10.6 Å². The van der Waals surface area contributed by atoms with Gasteiger partial charge in [0, 0.05) is 33.5 Å². The van der Waals surface area contributed by atoms with Gasteiger partial charge in [-0.05, 0) is 50.2 Å². The van der Waals surface area contributed by atoms with Crippen LogP contribution in [0.2, 0.25) is 0 Å². The van der Waals surface area contributed by atoms with E-state index in [-0.39, 0.29) is 19.5 Å².